The minimum Gasteiger partial charge on any atom is -0.497 e. The monoisotopic (exact) mass is 434 g/mol. The molecule has 1 spiro atoms. The zero-order chi connectivity index (χ0) is 22.5. The number of nitrogens with zero attached hydrogens (tertiary/aromatic N) is 4. The highest BCUT2D eigenvalue weighted by atomic mass is 16.5. The first-order valence-corrected chi connectivity index (χ1v) is 11.2. The Bertz CT molecular complexity index is 1150. The number of rotatable bonds is 3. The van der Waals surface area contributed by atoms with Crippen molar-refractivity contribution in [1.82, 2.24) is 19.4 Å². The third kappa shape index (κ3) is 3.11. The molecule has 0 aliphatic carbocycles. The SMILES string of the molecule is COc1ccc2c3c(n(C)c2c1)[C@H](CO)N(C(=O)c1cccnc1)CC31CCN(C)CC1. The second-order valence-electron chi connectivity index (χ2n) is 9.16. The Morgan fingerprint density at radius 1 is 1.25 bits per heavy atom. The van der Waals surface area contributed by atoms with Gasteiger partial charge in [-0.1, -0.05) is 0 Å². The van der Waals surface area contributed by atoms with Crippen LogP contribution in [0.4, 0.5) is 0 Å². The van der Waals surface area contributed by atoms with E-state index >= 15 is 0 Å². The zero-order valence-electron chi connectivity index (χ0n) is 18.9. The van der Waals surface area contributed by atoms with Gasteiger partial charge in [-0.15, -0.1) is 0 Å². The number of aliphatic hydroxyl groups excluding tert-OH is 1. The van der Waals surface area contributed by atoms with Crippen LogP contribution in [0.15, 0.2) is 42.7 Å². The summed E-state index contributed by atoms with van der Waals surface area (Å²) in [6.45, 7) is 2.42. The molecule has 168 valence electrons. The third-order valence-electron chi connectivity index (χ3n) is 7.43. The summed E-state index contributed by atoms with van der Waals surface area (Å²) in [5.74, 6) is 0.723. The number of carbonyl (C=O) groups excluding carboxylic acids is 1. The molecule has 3 aromatic rings. The maximum atomic E-state index is 13.6. The molecule has 0 saturated carbocycles. The maximum Gasteiger partial charge on any atom is 0.256 e. The van der Waals surface area contributed by atoms with Crippen LogP contribution in [0.3, 0.4) is 0 Å². The van der Waals surface area contributed by atoms with E-state index in [1.54, 1.807) is 31.6 Å². The Morgan fingerprint density at radius 3 is 2.69 bits per heavy atom. The number of pyridine rings is 1. The molecule has 1 N–H and O–H groups in total. The van der Waals surface area contributed by atoms with Crippen LogP contribution in [0.25, 0.3) is 10.9 Å². The molecule has 5 rings (SSSR count). The molecule has 0 bridgehead atoms. The average molecular weight is 435 g/mol. The number of benzene rings is 1. The number of hydrogen-bond acceptors (Lipinski definition) is 5. The first-order valence-electron chi connectivity index (χ1n) is 11.2. The molecule has 7 nitrogen and oxygen atoms in total. The van der Waals surface area contributed by atoms with Crippen molar-refractivity contribution < 1.29 is 14.6 Å². The summed E-state index contributed by atoms with van der Waals surface area (Å²) in [5, 5.41) is 11.7. The number of hydrogen-bond donors (Lipinski definition) is 1. The summed E-state index contributed by atoms with van der Waals surface area (Å²) >= 11 is 0. The Balaban J connectivity index is 1.73. The molecule has 2 aliphatic rings. The van der Waals surface area contributed by atoms with Crippen molar-refractivity contribution in [1.29, 1.82) is 0 Å². The molecule has 7 heteroatoms. The standard InChI is InChI=1S/C25H30N4O3/c1-27-11-8-25(9-12-27)16-29(24(31)17-5-4-10-26-14-17)21(15-30)23-22(25)19-7-6-18(32-3)13-20(19)28(23)2/h4-7,10,13-14,21,30H,8-9,11-12,15-16H2,1-3H3/t21-/m0/s1. The number of aromatic nitrogens is 2. The summed E-state index contributed by atoms with van der Waals surface area (Å²) in [5.41, 5.74) is 3.79. The second-order valence-corrected chi connectivity index (χ2v) is 9.16. The minimum absolute atomic E-state index is 0.0797. The zero-order valence-corrected chi connectivity index (χ0v) is 18.9. The van der Waals surface area contributed by atoms with Gasteiger partial charge in [0.15, 0.2) is 0 Å². The molecule has 1 amide bonds. The van der Waals surface area contributed by atoms with Crippen molar-refractivity contribution >= 4 is 16.8 Å². The third-order valence-corrected chi connectivity index (χ3v) is 7.43. The van der Waals surface area contributed by atoms with E-state index in [1.807, 2.05) is 18.0 Å². The van der Waals surface area contributed by atoms with E-state index in [2.05, 4.69) is 33.6 Å². The fraction of sp³-hybridized carbons (Fsp3) is 0.440. The molecule has 2 aromatic heterocycles. The van der Waals surface area contributed by atoms with Crippen LogP contribution in [0.5, 0.6) is 5.75 Å². The van der Waals surface area contributed by atoms with Gasteiger partial charge in [-0.25, -0.2) is 0 Å². The van der Waals surface area contributed by atoms with Gasteiger partial charge in [-0.2, -0.15) is 0 Å². The van der Waals surface area contributed by atoms with E-state index in [0.29, 0.717) is 12.1 Å². The Kier molecular flexibility index (Phi) is 5.18. The average Bonchev–Trinajstić information content (AvgIpc) is 3.13. The summed E-state index contributed by atoms with van der Waals surface area (Å²) in [6.07, 6.45) is 5.22. The smallest absolute Gasteiger partial charge is 0.256 e. The summed E-state index contributed by atoms with van der Waals surface area (Å²) in [4.78, 5) is 22.0. The Morgan fingerprint density at radius 2 is 2.03 bits per heavy atom. The largest absolute Gasteiger partial charge is 0.497 e. The highest BCUT2D eigenvalue weighted by Gasteiger charge is 2.49. The van der Waals surface area contributed by atoms with Gasteiger partial charge < -0.3 is 24.2 Å². The van der Waals surface area contributed by atoms with Gasteiger partial charge in [0.05, 0.1) is 30.8 Å². The number of amides is 1. The number of fused-ring (bicyclic) bond motifs is 4. The van der Waals surface area contributed by atoms with Gasteiger partial charge >= 0.3 is 0 Å². The lowest BCUT2D eigenvalue weighted by molar-refractivity contribution is 0.0353. The molecule has 2 aliphatic heterocycles. The number of piperidine rings is 1. The quantitative estimate of drug-likeness (QED) is 0.686. The van der Waals surface area contributed by atoms with Crippen molar-refractivity contribution in [3.05, 3.63) is 59.5 Å². The summed E-state index contributed by atoms with van der Waals surface area (Å²) < 4.78 is 7.64. The normalized spacial score (nSPS) is 20.5. The van der Waals surface area contributed by atoms with Gasteiger partial charge in [0, 0.05) is 48.5 Å². The lowest BCUT2D eigenvalue weighted by Crippen LogP contribution is -2.55. The van der Waals surface area contributed by atoms with Gasteiger partial charge in [0.25, 0.3) is 5.91 Å². The van der Waals surface area contributed by atoms with Gasteiger partial charge in [0.1, 0.15) is 5.75 Å². The molecule has 4 heterocycles. The van der Waals surface area contributed by atoms with Crippen LogP contribution in [-0.4, -0.2) is 70.8 Å². The highest BCUT2D eigenvalue weighted by Crippen LogP contribution is 2.50. The highest BCUT2D eigenvalue weighted by molar-refractivity contribution is 5.95. The lowest BCUT2D eigenvalue weighted by Gasteiger charge is -2.50. The van der Waals surface area contributed by atoms with Crippen LogP contribution in [0, 0.1) is 0 Å². The summed E-state index contributed by atoms with van der Waals surface area (Å²) in [6, 6.07) is 9.37. The van der Waals surface area contributed by atoms with Crippen molar-refractivity contribution in [2.24, 2.45) is 7.05 Å². The van der Waals surface area contributed by atoms with E-state index in [1.165, 1.54) is 10.9 Å². The van der Waals surface area contributed by atoms with Crippen molar-refractivity contribution in [3.8, 4) is 5.75 Å². The number of carbonyl (C=O) groups is 1. The van der Waals surface area contributed by atoms with Gasteiger partial charge in [-0.3, -0.25) is 9.78 Å². The van der Waals surface area contributed by atoms with Crippen molar-refractivity contribution in [2.45, 2.75) is 24.3 Å². The van der Waals surface area contributed by atoms with Gasteiger partial charge in [-0.05, 0) is 62.8 Å². The second kappa shape index (κ2) is 7.90. The van der Waals surface area contributed by atoms with E-state index < -0.39 is 6.04 Å². The molecule has 1 saturated heterocycles. The Hall–Kier alpha value is -2.90. The van der Waals surface area contributed by atoms with E-state index in [0.717, 1.165) is 42.9 Å². The van der Waals surface area contributed by atoms with E-state index in [4.69, 9.17) is 4.74 Å². The number of methoxy groups -OCH3 is 1. The van der Waals surface area contributed by atoms with Crippen LogP contribution >= 0.6 is 0 Å². The number of ether oxygens (including phenoxy) is 1. The number of likely N-dealkylation sites (tertiary alicyclic amines) is 1. The topological polar surface area (TPSA) is 70.8 Å². The van der Waals surface area contributed by atoms with E-state index in [9.17, 15) is 9.90 Å². The molecular weight excluding hydrogens is 404 g/mol. The van der Waals surface area contributed by atoms with Crippen molar-refractivity contribution in [2.75, 3.05) is 40.4 Å². The molecule has 0 radical (unpaired) electrons. The van der Waals surface area contributed by atoms with Gasteiger partial charge in [0.2, 0.25) is 0 Å². The minimum atomic E-state index is -0.411. The first kappa shape index (κ1) is 21.0. The van der Waals surface area contributed by atoms with Crippen LogP contribution in [0.2, 0.25) is 0 Å². The number of aliphatic hydroxyl groups is 1. The molecular formula is C25H30N4O3. The number of aryl methyl sites for hydroxylation is 1. The fourth-order valence-corrected chi connectivity index (χ4v) is 5.68. The molecule has 32 heavy (non-hydrogen) atoms. The molecule has 1 fully saturated rings. The Labute approximate surface area is 188 Å². The van der Waals surface area contributed by atoms with Crippen LogP contribution < -0.4 is 4.74 Å². The van der Waals surface area contributed by atoms with E-state index in [-0.39, 0.29) is 17.9 Å². The predicted octanol–water partition coefficient (Wildman–Crippen LogP) is 2.73. The molecule has 0 unspecified atom stereocenters. The van der Waals surface area contributed by atoms with Crippen LogP contribution in [0.1, 0.15) is 40.5 Å². The molecule has 1 aromatic carbocycles. The maximum absolute atomic E-state index is 13.6. The lowest BCUT2D eigenvalue weighted by atomic mass is 9.68. The fourth-order valence-electron chi connectivity index (χ4n) is 5.68. The predicted molar refractivity (Wildman–Crippen MR) is 123 cm³/mol. The first-order chi connectivity index (χ1) is 15.5. The molecule has 1 atom stereocenters. The van der Waals surface area contributed by atoms with Crippen LogP contribution in [-0.2, 0) is 12.5 Å². The summed E-state index contributed by atoms with van der Waals surface area (Å²) in [7, 11) is 5.86. The van der Waals surface area contributed by atoms with Crippen molar-refractivity contribution in [3.63, 3.8) is 0 Å².